The summed E-state index contributed by atoms with van der Waals surface area (Å²) < 4.78 is 22.7. The van der Waals surface area contributed by atoms with Crippen LogP contribution in [0.5, 0.6) is 0 Å². The van der Waals surface area contributed by atoms with Crippen molar-refractivity contribution in [3.63, 3.8) is 0 Å². The molecule has 0 radical (unpaired) electrons. The Hall–Kier alpha value is -3.01. The van der Waals surface area contributed by atoms with Crippen LogP contribution in [-0.4, -0.2) is 82.3 Å². The van der Waals surface area contributed by atoms with Gasteiger partial charge in [-0.25, -0.2) is 0 Å². The van der Waals surface area contributed by atoms with Crippen LogP contribution in [0.3, 0.4) is 0 Å². The molecule has 388 valence electrons. The van der Waals surface area contributed by atoms with E-state index in [1.807, 2.05) is 21.1 Å². The highest BCUT2D eigenvalue weighted by molar-refractivity contribution is 5.70. The Morgan fingerprint density at radius 3 is 1.22 bits per heavy atom. The number of quaternary nitrogens is 1. The van der Waals surface area contributed by atoms with E-state index in [1.54, 1.807) is 0 Å². The molecule has 0 aromatic rings. The first-order valence-corrected chi connectivity index (χ1v) is 27.4. The molecule has 2 atom stereocenters. The van der Waals surface area contributed by atoms with Crippen LogP contribution in [0.4, 0.5) is 0 Å². The first-order valence-electron chi connectivity index (χ1n) is 27.4. The van der Waals surface area contributed by atoms with E-state index >= 15 is 0 Å². The van der Waals surface area contributed by atoms with Gasteiger partial charge in [-0.3, -0.25) is 9.59 Å². The van der Waals surface area contributed by atoms with Gasteiger partial charge >= 0.3 is 11.9 Å². The lowest BCUT2D eigenvalue weighted by molar-refractivity contribution is -0.870. The monoisotopic (exact) mass is 942 g/mol. The maximum Gasteiger partial charge on any atom is 0.306 e. The third-order valence-electron chi connectivity index (χ3n) is 11.7. The van der Waals surface area contributed by atoms with Crippen LogP contribution >= 0.6 is 0 Å². The molecule has 0 fully saturated rings. The summed E-state index contributed by atoms with van der Waals surface area (Å²) in [5.41, 5.74) is 0. The molecular formula is C58H103NO8. The van der Waals surface area contributed by atoms with Crippen LogP contribution in [0.15, 0.2) is 60.8 Å². The number of nitrogens with zero attached hydrogens (tertiary/aromatic N) is 1. The van der Waals surface area contributed by atoms with Gasteiger partial charge in [-0.2, -0.15) is 0 Å². The third kappa shape index (κ3) is 50.7. The highest BCUT2D eigenvalue weighted by Gasteiger charge is 2.22. The van der Waals surface area contributed by atoms with Crippen LogP contribution in [0, 0.1) is 0 Å². The lowest BCUT2D eigenvalue weighted by Gasteiger charge is -2.26. The Balaban J connectivity index is 4.32. The highest BCUT2D eigenvalue weighted by atomic mass is 16.7. The standard InChI is InChI=1S/C58H103NO8/c1-6-8-10-12-14-16-18-20-22-24-26-27-28-29-31-33-35-37-39-41-43-45-47-49-56(61)67-54(53-66-58(57(62)63)64-51-50-59(3,4)5)52-65-55(60)48-46-44-42-40-38-36-34-32-30-25-23-21-19-17-15-13-11-9-7-2/h15,17-18,20-21,23-24,26,28-29,54,58H,6-14,16,19,22,25,27,30-53H2,1-5H3/b17-15-,20-18-,23-21-,26-24-,29-28-. The van der Waals surface area contributed by atoms with E-state index in [0.717, 1.165) is 64.2 Å². The van der Waals surface area contributed by atoms with Crippen molar-refractivity contribution in [2.75, 3.05) is 47.5 Å². The van der Waals surface area contributed by atoms with E-state index in [9.17, 15) is 19.5 Å². The number of carboxylic acid groups (broad SMARTS) is 1. The fraction of sp³-hybridized carbons (Fsp3) is 0.776. The molecule has 2 unspecified atom stereocenters. The Kier molecular flexibility index (Phi) is 47.2. The van der Waals surface area contributed by atoms with E-state index in [4.69, 9.17) is 18.9 Å². The predicted molar refractivity (Wildman–Crippen MR) is 278 cm³/mol. The fourth-order valence-electron chi connectivity index (χ4n) is 7.46. The lowest BCUT2D eigenvalue weighted by atomic mass is 10.1. The molecule has 0 saturated heterocycles. The van der Waals surface area contributed by atoms with Crippen LogP contribution < -0.4 is 5.11 Å². The zero-order valence-corrected chi connectivity index (χ0v) is 44.0. The highest BCUT2D eigenvalue weighted by Crippen LogP contribution is 2.15. The Labute approximate surface area is 412 Å². The molecule has 0 aliphatic heterocycles. The van der Waals surface area contributed by atoms with Gasteiger partial charge in [-0.05, 0) is 83.5 Å². The summed E-state index contributed by atoms with van der Waals surface area (Å²) in [5, 5.41) is 11.8. The number of carbonyl (C=O) groups excluding carboxylic acids is 3. The van der Waals surface area contributed by atoms with E-state index in [2.05, 4.69) is 74.6 Å². The molecule has 0 heterocycles. The summed E-state index contributed by atoms with van der Waals surface area (Å²) in [6.07, 6.45) is 58.2. The Bertz CT molecular complexity index is 1280. The predicted octanol–water partition coefficient (Wildman–Crippen LogP) is 14.3. The molecule has 0 aliphatic rings. The number of carbonyl (C=O) groups is 3. The number of ether oxygens (including phenoxy) is 4. The third-order valence-corrected chi connectivity index (χ3v) is 11.7. The molecule has 0 aromatic heterocycles. The van der Waals surface area contributed by atoms with Crippen molar-refractivity contribution in [2.45, 2.75) is 245 Å². The summed E-state index contributed by atoms with van der Waals surface area (Å²) in [7, 11) is 5.91. The number of carboxylic acids is 1. The molecule has 0 aromatic carbocycles. The molecule has 0 N–H and O–H groups in total. The summed E-state index contributed by atoms with van der Waals surface area (Å²) in [5.74, 6) is -2.30. The zero-order chi connectivity index (χ0) is 49.2. The maximum absolute atomic E-state index is 12.8. The van der Waals surface area contributed by atoms with Gasteiger partial charge in [0.15, 0.2) is 12.4 Å². The number of allylic oxidation sites excluding steroid dienone is 10. The van der Waals surface area contributed by atoms with E-state index in [-0.39, 0.29) is 38.6 Å². The number of likely N-dealkylation sites (N-methyl/N-ethyl adjacent to an activating group) is 1. The van der Waals surface area contributed by atoms with Gasteiger partial charge in [0.25, 0.3) is 0 Å². The number of hydrogen-bond donors (Lipinski definition) is 0. The van der Waals surface area contributed by atoms with Crippen molar-refractivity contribution in [1.82, 2.24) is 0 Å². The van der Waals surface area contributed by atoms with Gasteiger partial charge in [0, 0.05) is 12.8 Å². The van der Waals surface area contributed by atoms with Crippen molar-refractivity contribution in [1.29, 1.82) is 0 Å². The van der Waals surface area contributed by atoms with E-state index in [0.29, 0.717) is 17.4 Å². The number of unbranched alkanes of at least 4 members (excludes halogenated alkanes) is 25. The van der Waals surface area contributed by atoms with Crippen molar-refractivity contribution in [3.05, 3.63) is 60.8 Å². The number of esters is 2. The van der Waals surface area contributed by atoms with Crippen molar-refractivity contribution in [2.24, 2.45) is 0 Å². The number of hydrogen-bond acceptors (Lipinski definition) is 8. The van der Waals surface area contributed by atoms with Crippen LogP contribution in [-0.2, 0) is 33.3 Å². The van der Waals surface area contributed by atoms with Crippen molar-refractivity contribution >= 4 is 17.9 Å². The summed E-state index contributed by atoms with van der Waals surface area (Å²) in [6, 6.07) is 0. The molecule has 0 bridgehead atoms. The molecule has 9 nitrogen and oxygen atoms in total. The number of rotatable bonds is 50. The number of aliphatic carboxylic acids is 1. The van der Waals surface area contributed by atoms with Gasteiger partial charge < -0.3 is 33.3 Å². The second-order valence-corrected chi connectivity index (χ2v) is 19.5. The fourth-order valence-corrected chi connectivity index (χ4v) is 7.46. The topological polar surface area (TPSA) is 111 Å². The van der Waals surface area contributed by atoms with Crippen molar-refractivity contribution < 1.29 is 42.9 Å². The van der Waals surface area contributed by atoms with Gasteiger partial charge in [-0.15, -0.1) is 0 Å². The van der Waals surface area contributed by atoms with Crippen molar-refractivity contribution in [3.8, 4) is 0 Å². The largest absolute Gasteiger partial charge is 0.545 e. The quantitative estimate of drug-likeness (QED) is 0.0195. The molecular weight excluding hydrogens is 839 g/mol. The van der Waals surface area contributed by atoms with E-state index < -0.39 is 24.3 Å². The molecule has 0 aliphatic carbocycles. The average molecular weight is 942 g/mol. The molecule has 0 amide bonds. The van der Waals surface area contributed by atoms with Gasteiger partial charge in [0.2, 0.25) is 0 Å². The summed E-state index contributed by atoms with van der Waals surface area (Å²) in [6.45, 7) is 4.71. The summed E-state index contributed by atoms with van der Waals surface area (Å²) >= 11 is 0. The Morgan fingerprint density at radius 1 is 0.448 bits per heavy atom. The first-order chi connectivity index (χ1) is 32.6. The molecule has 9 heteroatoms. The van der Waals surface area contributed by atoms with Gasteiger partial charge in [0.05, 0.1) is 40.3 Å². The lowest BCUT2D eigenvalue weighted by Crippen LogP contribution is -2.44. The van der Waals surface area contributed by atoms with Crippen LogP contribution in [0.25, 0.3) is 0 Å². The Morgan fingerprint density at radius 2 is 0.806 bits per heavy atom. The average Bonchev–Trinajstić information content (AvgIpc) is 3.29. The maximum atomic E-state index is 12.8. The minimum absolute atomic E-state index is 0.143. The first kappa shape index (κ1) is 64.0. The zero-order valence-electron chi connectivity index (χ0n) is 44.0. The second-order valence-electron chi connectivity index (χ2n) is 19.5. The normalized spacial score (nSPS) is 13.3. The summed E-state index contributed by atoms with van der Waals surface area (Å²) in [4.78, 5) is 37.2. The van der Waals surface area contributed by atoms with Crippen LogP contribution in [0.1, 0.15) is 232 Å². The van der Waals surface area contributed by atoms with Crippen LogP contribution in [0.2, 0.25) is 0 Å². The van der Waals surface area contributed by atoms with Gasteiger partial charge in [-0.1, -0.05) is 197 Å². The minimum Gasteiger partial charge on any atom is -0.545 e. The second kappa shape index (κ2) is 49.4. The van der Waals surface area contributed by atoms with Gasteiger partial charge in [0.1, 0.15) is 13.2 Å². The van der Waals surface area contributed by atoms with E-state index in [1.165, 1.54) is 135 Å². The minimum atomic E-state index is -1.63. The molecule has 67 heavy (non-hydrogen) atoms. The molecule has 0 saturated carbocycles. The molecule has 0 spiro atoms. The SMILES string of the molecule is CCCCC/C=C\C/C=C\CCCCCCCCCCCC(=O)OCC(COC(OCC[N+](C)(C)C)C(=O)[O-])OC(=O)CCCCCCCCCC/C=C\C/C=C\C/C=C\CCCCCCC. The smallest absolute Gasteiger partial charge is 0.306 e. The molecule has 0 rings (SSSR count).